The molecule has 0 fully saturated rings. The number of hydrogen-bond acceptors (Lipinski definition) is 4. The Kier molecular flexibility index (Phi) is 3.73. The van der Waals surface area contributed by atoms with Gasteiger partial charge in [0.15, 0.2) is 0 Å². The summed E-state index contributed by atoms with van der Waals surface area (Å²) in [7, 11) is 0. The molecule has 0 aliphatic carbocycles. The molecule has 1 amide bonds. The Labute approximate surface area is 123 Å². The van der Waals surface area contributed by atoms with Gasteiger partial charge in [-0.3, -0.25) is 4.79 Å². The second-order valence-electron chi connectivity index (χ2n) is 6.35. The molecule has 20 heavy (non-hydrogen) atoms. The minimum absolute atomic E-state index is 0.0475. The number of nitrogen functional groups attached to an aromatic ring is 1. The van der Waals surface area contributed by atoms with Crippen LogP contribution in [0.25, 0.3) is 10.2 Å². The van der Waals surface area contributed by atoms with Crippen molar-refractivity contribution in [2.24, 2.45) is 5.41 Å². The molecule has 4 nitrogen and oxygen atoms in total. The third kappa shape index (κ3) is 2.93. The van der Waals surface area contributed by atoms with Gasteiger partial charge in [0.05, 0.1) is 5.69 Å². The van der Waals surface area contributed by atoms with Crippen molar-refractivity contribution in [1.82, 2.24) is 10.3 Å². The molecule has 0 atom stereocenters. The highest BCUT2D eigenvalue weighted by Crippen LogP contribution is 2.34. The van der Waals surface area contributed by atoms with Crippen LogP contribution in [0.1, 0.15) is 41.7 Å². The van der Waals surface area contributed by atoms with Crippen LogP contribution in [0.5, 0.6) is 0 Å². The fraction of sp³-hybridized carbons (Fsp3) is 0.467. The van der Waals surface area contributed by atoms with Gasteiger partial charge in [0.25, 0.3) is 5.91 Å². The second-order valence-corrected chi connectivity index (χ2v) is 7.35. The van der Waals surface area contributed by atoms with Crippen molar-refractivity contribution in [3.05, 3.63) is 22.2 Å². The minimum Gasteiger partial charge on any atom is -0.397 e. The molecule has 0 aliphatic heterocycles. The molecule has 0 saturated heterocycles. The quantitative estimate of drug-likeness (QED) is 0.892. The number of hydrogen-bond donors (Lipinski definition) is 2. The number of carbonyl (C=O) groups excluding carboxylic acids is 1. The summed E-state index contributed by atoms with van der Waals surface area (Å²) in [5, 5.41) is 3.84. The van der Waals surface area contributed by atoms with Crippen molar-refractivity contribution >= 4 is 33.1 Å². The fourth-order valence-corrected chi connectivity index (χ4v) is 3.20. The minimum atomic E-state index is -0.113. The summed E-state index contributed by atoms with van der Waals surface area (Å²) in [6.45, 7) is 10.8. The van der Waals surface area contributed by atoms with Crippen LogP contribution in [0.3, 0.4) is 0 Å². The van der Waals surface area contributed by atoms with Crippen LogP contribution in [0.15, 0.2) is 6.07 Å². The van der Waals surface area contributed by atoms with Crippen molar-refractivity contribution in [3.63, 3.8) is 0 Å². The van der Waals surface area contributed by atoms with Gasteiger partial charge in [-0.2, -0.15) is 0 Å². The first kappa shape index (κ1) is 14.8. The lowest BCUT2D eigenvalue weighted by atomic mass is 9.97. The summed E-state index contributed by atoms with van der Waals surface area (Å²) in [5.74, 6) is -0.113. The number of fused-ring (bicyclic) bond motifs is 1. The zero-order valence-electron chi connectivity index (χ0n) is 12.6. The normalized spacial score (nSPS) is 11.8. The van der Waals surface area contributed by atoms with E-state index in [1.54, 1.807) is 0 Å². The molecule has 0 radical (unpaired) electrons. The molecule has 2 aromatic rings. The van der Waals surface area contributed by atoms with E-state index in [9.17, 15) is 4.79 Å². The lowest BCUT2D eigenvalue weighted by Crippen LogP contribution is -2.32. The summed E-state index contributed by atoms with van der Waals surface area (Å²) in [5.41, 5.74) is 8.74. The molecule has 0 unspecified atom stereocenters. The second kappa shape index (κ2) is 5.05. The van der Waals surface area contributed by atoms with Crippen molar-refractivity contribution in [2.75, 3.05) is 12.3 Å². The van der Waals surface area contributed by atoms with E-state index in [4.69, 9.17) is 5.73 Å². The number of thiophene rings is 1. The molecule has 3 N–H and O–H groups in total. The van der Waals surface area contributed by atoms with Crippen LogP contribution in [0.2, 0.25) is 0 Å². The molecule has 2 heterocycles. The van der Waals surface area contributed by atoms with E-state index in [2.05, 4.69) is 31.1 Å². The van der Waals surface area contributed by atoms with E-state index in [-0.39, 0.29) is 11.3 Å². The topological polar surface area (TPSA) is 68.0 Å². The summed E-state index contributed by atoms with van der Waals surface area (Å²) in [4.78, 5) is 18.1. The van der Waals surface area contributed by atoms with Gasteiger partial charge in [-0.05, 0) is 30.9 Å². The Bertz CT molecular complexity index is 668. The van der Waals surface area contributed by atoms with Crippen LogP contribution < -0.4 is 11.1 Å². The summed E-state index contributed by atoms with van der Waals surface area (Å²) >= 11 is 1.36. The van der Waals surface area contributed by atoms with Gasteiger partial charge in [-0.1, -0.05) is 20.8 Å². The largest absolute Gasteiger partial charge is 0.397 e. The molecule has 2 aromatic heterocycles. The molecule has 0 saturated carbocycles. The van der Waals surface area contributed by atoms with Crippen LogP contribution >= 0.6 is 11.3 Å². The van der Waals surface area contributed by atoms with Crippen LogP contribution in [-0.4, -0.2) is 17.4 Å². The maximum absolute atomic E-state index is 12.3. The highest BCUT2D eigenvalue weighted by Gasteiger charge is 2.20. The van der Waals surface area contributed by atoms with Crippen LogP contribution in [0.4, 0.5) is 5.69 Å². The summed E-state index contributed by atoms with van der Waals surface area (Å²) < 4.78 is 0. The SMILES string of the molecule is Cc1cc(C)c2c(N)c(C(=O)NCC(C)(C)C)sc2n1. The average Bonchev–Trinajstić information content (AvgIpc) is 2.62. The first-order chi connectivity index (χ1) is 9.19. The highest BCUT2D eigenvalue weighted by molar-refractivity contribution is 7.21. The van der Waals surface area contributed by atoms with E-state index < -0.39 is 0 Å². The van der Waals surface area contributed by atoms with Crippen molar-refractivity contribution < 1.29 is 4.79 Å². The standard InChI is InChI=1S/C15H21N3OS/c1-8-6-9(2)18-14-10(8)11(16)12(20-14)13(19)17-7-15(3,4)5/h6H,7,16H2,1-5H3,(H,17,19). The molecular formula is C15H21N3OS. The number of anilines is 1. The Balaban J connectivity index is 2.38. The van der Waals surface area contributed by atoms with Crippen LogP contribution in [-0.2, 0) is 0 Å². The maximum Gasteiger partial charge on any atom is 0.263 e. The Morgan fingerprint density at radius 1 is 1.40 bits per heavy atom. The summed E-state index contributed by atoms with van der Waals surface area (Å²) in [6, 6.07) is 1.99. The monoisotopic (exact) mass is 291 g/mol. The smallest absolute Gasteiger partial charge is 0.263 e. The van der Waals surface area contributed by atoms with Crippen molar-refractivity contribution in [2.45, 2.75) is 34.6 Å². The van der Waals surface area contributed by atoms with Gasteiger partial charge >= 0.3 is 0 Å². The molecule has 0 aliphatic rings. The molecule has 2 rings (SSSR count). The Morgan fingerprint density at radius 2 is 2.05 bits per heavy atom. The molecule has 5 heteroatoms. The number of pyridine rings is 1. The number of aromatic nitrogens is 1. The van der Waals surface area contributed by atoms with Crippen molar-refractivity contribution in [3.8, 4) is 0 Å². The Morgan fingerprint density at radius 3 is 2.65 bits per heavy atom. The zero-order valence-corrected chi connectivity index (χ0v) is 13.4. The van der Waals surface area contributed by atoms with E-state index >= 15 is 0 Å². The Hall–Kier alpha value is -1.62. The van der Waals surface area contributed by atoms with Gasteiger partial charge in [-0.25, -0.2) is 4.98 Å². The molecule has 0 aromatic carbocycles. The van der Waals surface area contributed by atoms with E-state index in [0.29, 0.717) is 17.1 Å². The number of nitrogens with one attached hydrogen (secondary N) is 1. The van der Waals surface area contributed by atoms with Gasteiger partial charge in [-0.15, -0.1) is 11.3 Å². The number of amides is 1. The van der Waals surface area contributed by atoms with E-state index in [0.717, 1.165) is 21.5 Å². The lowest BCUT2D eigenvalue weighted by Gasteiger charge is -2.18. The maximum atomic E-state index is 12.3. The van der Waals surface area contributed by atoms with Gasteiger partial charge < -0.3 is 11.1 Å². The number of nitrogens with zero attached hydrogens (tertiary/aromatic N) is 1. The first-order valence-corrected chi connectivity index (χ1v) is 7.45. The van der Waals surface area contributed by atoms with Crippen molar-refractivity contribution in [1.29, 1.82) is 0 Å². The van der Waals surface area contributed by atoms with E-state index in [1.165, 1.54) is 11.3 Å². The lowest BCUT2D eigenvalue weighted by molar-refractivity contribution is 0.0944. The number of rotatable bonds is 2. The predicted octanol–water partition coefficient (Wildman–Crippen LogP) is 3.27. The third-order valence-electron chi connectivity index (χ3n) is 3.01. The molecule has 108 valence electrons. The third-order valence-corrected chi connectivity index (χ3v) is 4.11. The molecule has 0 bridgehead atoms. The molecular weight excluding hydrogens is 270 g/mol. The van der Waals surface area contributed by atoms with Gasteiger partial charge in [0, 0.05) is 17.6 Å². The number of carbonyl (C=O) groups is 1. The highest BCUT2D eigenvalue weighted by atomic mass is 32.1. The number of nitrogens with two attached hydrogens (primary N) is 1. The van der Waals surface area contributed by atoms with Gasteiger partial charge in [0.2, 0.25) is 0 Å². The summed E-state index contributed by atoms with van der Waals surface area (Å²) in [6.07, 6.45) is 0. The number of aryl methyl sites for hydroxylation is 2. The van der Waals surface area contributed by atoms with Gasteiger partial charge in [0.1, 0.15) is 9.71 Å². The van der Waals surface area contributed by atoms with Crippen LogP contribution in [0, 0.1) is 19.3 Å². The van der Waals surface area contributed by atoms with E-state index in [1.807, 2.05) is 19.9 Å². The average molecular weight is 291 g/mol. The molecule has 0 spiro atoms. The zero-order chi connectivity index (χ0) is 15.1. The predicted molar refractivity (Wildman–Crippen MR) is 85.3 cm³/mol. The first-order valence-electron chi connectivity index (χ1n) is 6.63. The fourth-order valence-electron chi connectivity index (χ4n) is 2.06.